The average Bonchev–Trinajstić information content (AvgIpc) is 2.62. The molecule has 0 saturated carbocycles. The fourth-order valence-corrected chi connectivity index (χ4v) is 2.95. The van der Waals surface area contributed by atoms with E-state index in [1.54, 1.807) is 6.92 Å². The SMILES string of the molecule is CC[C@@H](C)[C@@H](NC(=O)COC(=O)c1cc(S(C)(=O)=O)ccc1Cl)C(=O)OC. The van der Waals surface area contributed by atoms with Crippen LogP contribution in [-0.2, 0) is 28.9 Å². The molecule has 27 heavy (non-hydrogen) atoms. The lowest BCUT2D eigenvalue weighted by Gasteiger charge is -2.21. The number of halogens is 1. The second kappa shape index (κ2) is 9.70. The molecule has 1 aromatic carbocycles. The van der Waals surface area contributed by atoms with Gasteiger partial charge in [0.25, 0.3) is 5.91 Å². The van der Waals surface area contributed by atoms with Gasteiger partial charge in [0.15, 0.2) is 16.4 Å². The van der Waals surface area contributed by atoms with Gasteiger partial charge in [-0.25, -0.2) is 18.0 Å². The molecule has 8 nitrogen and oxygen atoms in total. The van der Waals surface area contributed by atoms with Crippen LogP contribution < -0.4 is 5.32 Å². The van der Waals surface area contributed by atoms with Crippen molar-refractivity contribution in [2.24, 2.45) is 5.92 Å². The van der Waals surface area contributed by atoms with E-state index in [2.05, 4.69) is 10.1 Å². The first-order chi connectivity index (χ1) is 12.5. The molecule has 0 spiro atoms. The summed E-state index contributed by atoms with van der Waals surface area (Å²) in [4.78, 5) is 35.8. The molecule has 0 aliphatic rings. The normalized spacial score (nSPS) is 13.4. The molecule has 1 rings (SSSR count). The highest BCUT2D eigenvalue weighted by Crippen LogP contribution is 2.21. The van der Waals surface area contributed by atoms with Gasteiger partial charge in [0.2, 0.25) is 0 Å². The van der Waals surface area contributed by atoms with E-state index in [9.17, 15) is 22.8 Å². The van der Waals surface area contributed by atoms with Gasteiger partial charge in [0.05, 0.1) is 22.6 Å². The molecular weight excluding hydrogens is 398 g/mol. The van der Waals surface area contributed by atoms with Crippen LogP contribution in [0.3, 0.4) is 0 Å². The van der Waals surface area contributed by atoms with Gasteiger partial charge in [-0.2, -0.15) is 0 Å². The maximum absolute atomic E-state index is 12.1. The van der Waals surface area contributed by atoms with Gasteiger partial charge in [-0.15, -0.1) is 0 Å². The van der Waals surface area contributed by atoms with Crippen molar-refractivity contribution >= 4 is 39.3 Å². The molecule has 10 heteroatoms. The zero-order valence-corrected chi connectivity index (χ0v) is 17.0. The summed E-state index contributed by atoms with van der Waals surface area (Å²) in [5.74, 6) is -2.45. The van der Waals surface area contributed by atoms with Crippen molar-refractivity contribution < 1.29 is 32.3 Å². The van der Waals surface area contributed by atoms with E-state index in [1.165, 1.54) is 19.2 Å². The van der Waals surface area contributed by atoms with Crippen LogP contribution in [0.4, 0.5) is 0 Å². The van der Waals surface area contributed by atoms with Gasteiger partial charge in [0, 0.05) is 6.26 Å². The van der Waals surface area contributed by atoms with E-state index in [-0.39, 0.29) is 21.4 Å². The summed E-state index contributed by atoms with van der Waals surface area (Å²) >= 11 is 5.90. The maximum atomic E-state index is 12.1. The lowest BCUT2D eigenvalue weighted by Crippen LogP contribution is -2.47. The Labute approximate surface area is 163 Å². The smallest absolute Gasteiger partial charge is 0.340 e. The first-order valence-electron chi connectivity index (χ1n) is 8.05. The van der Waals surface area contributed by atoms with E-state index >= 15 is 0 Å². The van der Waals surface area contributed by atoms with Crippen LogP contribution >= 0.6 is 11.6 Å². The summed E-state index contributed by atoms with van der Waals surface area (Å²) in [5.41, 5.74) is -0.182. The molecule has 1 aromatic rings. The molecule has 0 aliphatic heterocycles. The first-order valence-corrected chi connectivity index (χ1v) is 10.3. The van der Waals surface area contributed by atoms with E-state index in [0.29, 0.717) is 6.42 Å². The summed E-state index contributed by atoms with van der Waals surface area (Å²) in [7, 11) is -2.34. The Hall–Kier alpha value is -2.13. The Kier molecular flexibility index (Phi) is 8.23. The number of ether oxygens (including phenoxy) is 2. The highest BCUT2D eigenvalue weighted by atomic mass is 35.5. The van der Waals surface area contributed by atoms with E-state index in [0.717, 1.165) is 12.3 Å². The molecule has 0 aliphatic carbocycles. The monoisotopic (exact) mass is 419 g/mol. The summed E-state index contributed by atoms with van der Waals surface area (Å²) < 4.78 is 32.7. The summed E-state index contributed by atoms with van der Waals surface area (Å²) in [5, 5.41) is 2.44. The molecule has 0 heterocycles. The van der Waals surface area contributed by atoms with Crippen LogP contribution in [0, 0.1) is 5.92 Å². The largest absolute Gasteiger partial charge is 0.467 e. The number of nitrogens with one attached hydrogen (secondary N) is 1. The topological polar surface area (TPSA) is 116 Å². The zero-order chi connectivity index (χ0) is 20.8. The molecule has 1 amide bonds. The minimum Gasteiger partial charge on any atom is -0.467 e. The predicted molar refractivity (Wildman–Crippen MR) is 98.2 cm³/mol. The Morgan fingerprint density at radius 2 is 1.89 bits per heavy atom. The van der Waals surface area contributed by atoms with Crippen molar-refractivity contribution in [2.45, 2.75) is 31.2 Å². The standard InChI is InChI=1S/C17H22ClNO7S/c1-5-10(2)15(17(22)25-3)19-14(20)9-26-16(21)12-8-11(27(4,23)24)6-7-13(12)18/h6-8,10,15H,5,9H2,1-4H3,(H,19,20)/t10-,15-/m1/s1. The number of hydrogen-bond acceptors (Lipinski definition) is 7. The summed E-state index contributed by atoms with van der Waals surface area (Å²) in [6.45, 7) is 2.95. The van der Waals surface area contributed by atoms with Crippen LogP contribution in [0.2, 0.25) is 5.02 Å². The summed E-state index contributed by atoms with van der Waals surface area (Å²) in [6, 6.07) is 2.72. The van der Waals surface area contributed by atoms with Crippen LogP contribution in [0.25, 0.3) is 0 Å². The second-order valence-corrected chi connectivity index (χ2v) is 8.37. The number of esters is 2. The van der Waals surface area contributed by atoms with Crippen molar-refractivity contribution in [3.05, 3.63) is 28.8 Å². The van der Waals surface area contributed by atoms with Crippen molar-refractivity contribution in [1.82, 2.24) is 5.32 Å². The summed E-state index contributed by atoms with van der Waals surface area (Å²) in [6.07, 6.45) is 1.61. The Morgan fingerprint density at radius 1 is 1.26 bits per heavy atom. The third-order valence-corrected chi connectivity index (χ3v) is 5.34. The molecule has 0 unspecified atom stereocenters. The fourth-order valence-electron chi connectivity index (χ4n) is 2.11. The van der Waals surface area contributed by atoms with Crippen molar-refractivity contribution in [1.29, 1.82) is 0 Å². The predicted octanol–water partition coefficient (Wildman–Crippen LogP) is 1.60. The molecule has 150 valence electrons. The zero-order valence-electron chi connectivity index (χ0n) is 15.4. The van der Waals surface area contributed by atoms with Crippen LogP contribution in [0.5, 0.6) is 0 Å². The van der Waals surface area contributed by atoms with Crippen LogP contribution in [0.1, 0.15) is 30.6 Å². The molecule has 0 aromatic heterocycles. The number of carbonyl (C=O) groups is 3. The molecule has 0 fully saturated rings. The molecule has 0 bridgehead atoms. The molecule has 0 radical (unpaired) electrons. The number of methoxy groups -OCH3 is 1. The van der Waals surface area contributed by atoms with E-state index in [1.807, 2.05) is 6.92 Å². The number of sulfone groups is 1. The third kappa shape index (κ3) is 6.51. The lowest BCUT2D eigenvalue weighted by atomic mass is 9.99. The minimum atomic E-state index is -3.54. The highest BCUT2D eigenvalue weighted by Gasteiger charge is 2.27. The van der Waals surface area contributed by atoms with E-state index in [4.69, 9.17) is 16.3 Å². The quantitative estimate of drug-likeness (QED) is 0.636. The minimum absolute atomic E-state index is 0.0140. The van der Waals surface area contributed by atoms with Gasteiger partial charge in [-0.3, -0.25) is 4.79 Å². The van der Waals surface area contributed by atoms with Gasteiger partial charge in [-0.1, -0.05) is 31.9 Å². The first kappa shape index (κ1) is 22.9. The van der Waals surface area contributed by atoms with Gasteiger partial charge in [0.1, 0.15) is 6.04 Å². The van der Waals surface area contributed by atoms with Crippen molar-refractivity contribution in [2.75, 3.05) is 20.0 Å². The van der Waals surface area contributed by atoms with Gasteiger partial charge in [-0.05, 0) is 24.1 Å². The van der Waals surface area contributed by atoms with Crippen molar-refractivity contribution in [3.8, 4) is 0 Å². The number of benzene rings is 1. The average molecular weight is 420 g/mol. The lowest BCUT2D eigenvalue weighted by molar-refractivity contribution is -0.147. The number of hydrogen-bond donors (Lipinski definition) is 1. The van der Waals surface area contributed by atoms with Gasteiger partial charge >= 0.3 is 11.9 Å². The number of carbonyl (C=O) groups excluding carboxylic acids is 3. The Balaban J connectivity index is 2.82. The fraction of sp³-hybridized carbons (Fsp3) is 0.471. The van der Waals surface area contributed by atoms with E-state index < -0.39 is 40.3 Å². The van der Waals surface area contributed by atoms with Crippen molar-refractivity contribution in [3.63, 3.8) is 0 Å². The van der Waals surface area contributed by atoms with Crippen LogP contribution in [0.15, 0.2) is 23.1 Å². The molecular formula is C17H22ClNO7S. The third-order valence-electron chi connectivity index (χ3n) is 3.90. The maximum Gasteiger partial charge on any atom is 0.340 e. The Bertz CT molecular complexity index is 823. The van der Waals surface area contributed by atoms with Crippen LogP contribution in [-0.4, -0.2) is 52.3 Å². The Morgan fingerprint density at radius 3 is 2.41 bits per heavy atom. The highest BCUT2D eigenvalue weighted by molar-refractivity contribution is 7.90. The molecule has 0 saturated heterocycles. The molecule has 2 atom stereocenters. The number of amides is 1. The molecule has 1 N–H and O–H groups in total. The second-order valence-electron chi connectivity index (χ2n) is 5.94. The van der Waals surface area contributed by atoms with Gasteiger partial charge < -0.3 is 14.8 Å². The number of rotatable bonds is 8.